The smallest absolute Gasteiger partial charge is 0.341 e. The van der Waals surface area contributed by atoms with Crippen LogP contribution in [-0.4, -0.2) is 58.0 Å². The molecule has 2 unspecified atom stereocenters. The maximum Gasteiger partial charge on any atom is 0.341 e. The summed E-state index contributed by atoms with van der Waals surface area (Å²) in [7, 11) is 0. The molecule has 1 aromatic heterocycles. The third-order valence-electron chi connectivity index (χ3n) is 6.97. The minimum absolute atomic E-state index is 0.121. The number of pyridine rings is 1. The highest BCUT2D eigenvalue weighted by atomic mass is 19.1. The number of nitrogens with zero attached hydrogens (tertiary/aromatic N) is 3. The summed E-state index contributed by atoms with van der Waals surface area (Å²) < 4.78 is 17.0. The first-order valence-electron chi connectivity index (χ1n) is 11.0. The van der Waals surface area contributed by atoms with Crippen molar-refractivity contribution in [2.24, 2.45) is 0 Å². The molecule has 2 aromatic rings. The van der Waals surface area contributed by atoms with Gasteiger partial charge in [0.05, 0.1) is 11.2 Å². The Morgan fingerprint density at radius 2 is 1.74 bits per heavy atom. The normalized spacial score (nSPS) is 23.5. The molecule has 164 valence electrons. The van der Waals surface area contributed by atoms with E-state index in [0.29, 0.717) is 30.7 Å². The van der Waals surface area contributed by atoms with Crippen molar-refractivity contribution < 1.29 is 19.1 Å². The number of carbonyl (C=O) groups excluding carboxylic acids is 1. The highest BCUT2D eigenvalue weighted by molar-refractivity contribution is 5.93. The Bertz CT molecular complexity index is 1130. The fourth-order valence-corrected chi connectivity index (χ4v) is 5.25. The summed E-state index contributed by atoms with van der Waals surface area (Å²) in [5, 5.41) is 9.53. The van der Waals surface area contributed by atoms with Gasteiger partial charge in [0.15, 0.2) is 0 Å². The number of fused-ring (bicyclic) bond motifs is 3. The van der Waals surface area contributed by atoms with E-state index in [1.54, 1.807) is 13.0 Å². The average molecular weight is 427 g/mol. The zero-order valence-corrected chi connectivity index (χ0v) is 17.5. The predicted octanol–water partition coefficient (Wildman–Crippen LogP) is 2.81. The maximum atomic E-state index is 15.2. The third-order valence-corrected chi connectivity index (χ3v) is 6.97. The van der Waals surface area contributed by atoms with Gasteiger partial charge in [0.25, 0.3) is 0 Å². The second-order valence-corrected chi connectivity index (χ2v) is 9.12. The minimum Gasteiger partial charge on any atom is -0.477 e. The number of carboxylic acids is 1. The number of aromatic carboxylic acids is 1. The standard InChI is InChI=1S/C23H26FN3O4/c1-13(28)6-7-26-15-4-5-16(26)11-25(10-15)21-9-20-17(8-19(21)24)22(29)18(23(30)31)12-27(20)14-2-3-14/h8-9,12,14-16H,2-7,10-11H2,1H3,(H,30,31). The number of carbonyl (C=O) groups is 2. The summed E-state index contributed by atoms with van der Waals surface area (Å²) in [6.07, 6.45) is 5.85. The first kappa shape index (κ1) is 20.2. The van der Waals surface area contributed by atoms with Crippen LogP contribution in [0.3, 0.4) is 0 Å². The number of hydrogen-bond donors (Lipinski definition) is 1. The first-order valence-corrected chi connectivity index (χ1v) is 11.0. The van der Waals surface area contributed by atoms with Crippen molar-refractivity contribution in [2.75, 3.05) is 24.5 Å². The summed E-state index contributed by atoms with van der Waals surface area (Å²) in [4.78, 5) is 40.0. The van der Waals surface area contributed by atoms with Crippen LogP contribution in [0.25, 0.3) is 10.9 Å². The number of rotatable bonds is 6. The lowest BCUT2D eigenvalue weighted by Gasteiger charge is -2.42. The number of carboxylic acid groups (broad SMARTS) is 1. The monoisotopic (exact) mass is 427 g/mol. The minimum atomic E-state index is -1.29. The van der Waals surface area contributed by atoms with Crippen LogP contribution in [0.2, 0.25) is 0 Å². The molecule has 1 aliphatic carbocycles. The van der Waals surface area contributed by atoms with Crippen LogP contribution in [0.15, 0.2) is 23.1 Å². The molecule has 3 aliphatic rings. The zero-order chi connectivity index (χ0) is 21.9. The quantitative estimate of drug-likeness (QED) is 0.763. The lowest BCUT2D eigenvalue weighted by atomic mass is 10.1. The highest BCUT2D eigenvalue weighted by Gasteiger charge is 2.40. The van der Waals surface area contributed by atoms with Crippen LogP contribution in [0.5, 0.6) is 0 Å². The fraction of sp³-hybridized carbons (Fsp3) is 0.522. The van der Waals surface area contributed by atoms with Crippen molar-refractivity contribution in [1.82, 2.24) is 9.47 Å². The molecule has 1 aromatic carbocycles. The predicted molar refractivity (Wildman–Crippen MR) is 114 cm³/mol. The molecule has 3 fully saturated rings. The Balaban J connectivity index is 1.52. The second kappa shape index (κ2) is 7.44. The molecule has 5 rings (SSSR count). The number of halogens is 1. The van der Waals surface area contributed by atoms with E-state index in [9.17, 15) is 19.5 Å². The molecular weight excluding hydrogens is 401 g/mol. The number of benzene rings is 1. The van der Waals surface area contributed by atoms with E-state index < -0.39 is 17.2 Å². The van der Waals surface area contributed by atoms with Crippen molar-refractivity contribution in [3.63, 3.8) is 0 Å². The van der Waals surface area contributed by atoms with E-state index >= 15 is 4.39 Å². The van der Waals surface area contributed by atoms with Crippen LogP contribution in [0, 0.1) is 5.82 Å². The van der Waals surface area contributed by atoms with E-state index in [0.717, 1.165) is 32.2 Å². The van der Waals surface area contributed by atoms with Crippen LogP contribution >= 0.6 is 0 Å². The lowest BCUT2D eigenvalue weighted by molar-refractivity contribution is -0.117. The van der Waals surface area contributed by atoms with Gasteiger partial charge in [-0.05, 0) is 44.7 Å². The summed E-state index contributed by atoms with van der Waals surface area (Å²) in [6, 6.07) is 3.66. The van der Waals surface area contributed by atoms with Gasteiger partial charge in [-0.25, -0.2) is 9.18 Å². The largest absolute Gasteiger partial charge is 0.477 e. The van der Waals surface area contributed by atoms with Crippen molar-refractivity contribution in [3.8, 4) is 0 Å². The molecule has 7 nitrogen and oxygen atoms in total. The van der Waals surface area contributed by atoms with Crippen molar-refractivity contribution in [1.29, 1.82) is 0 Å². The van der Waals surface area contributed by atoms with Crippen molar-refractivity contribution in [3.05, 3.63) is 39.9 Å². The van der Waals surface area contributed by atoms with E-state index in [2.05, 4.69) is 4.90 Å². The van der Waals surface area contributed by atoms with Gasteiger partial charge < -0.3 is 14.6 Å². The summed E-state index contributed by atoms with van der Waals surface area (Å²) >= 11 is 0. The van der Waals surface area contributed by atoms with Crippen LogP contribution in [-0.2, 0) is 4.79 Å². The van der Waals surface area contributed by atoms with Crippen LogP contribution in [0.1, 0.15) is 55.4 Å². The number of anilines is 1. The number of piperazine rings is 1. The van der Waals surface area contributed by atoms with Gasteiger partial charge in [-0.3, -0.25) is 14.5 Å². The second-order valence-electron chi connectivity index (χ2n) is 9.12. The van der Waals surface area contributed by atoms with Gasteiger partial charge in [-0.1, -0.05) is 0 Å². The topological polar surface area (TPSA) is 82.8 Å². The molecule has 1 saturated carbocycles. The van der Waals surface area contributed by atoms with Crippen LogP contribution < -0.4 is 10.3 Å². The molecule has 2 atom stereocenters. The van der Waals surface area contributed by atoms with Gasteiger partial charge in [0.1, 0.15) is 17.2 Å². The Labute approximate surface area is 179 Å². The Hall–Kier alpha value is -2.74. The van der Waals surface area contributed by atoms with Crippen LogP contribution in [0.4, 0.5) is 10.1 Å². The number of hydrogen-bond acceptors (Lipinski definition) is 5. The van der Waals surface area contributed by atoms with Gasteiger partial charge in [-0.15, -0.1) is 0 Å². The molecule has 2 aliphatic heterocycles. The number of ketones is 1. The maximum absolute atomic E-state index is 15.2. The first-order chi connectivity index (χ1) is 14.8. The summed E-state index contributed by atoms with van der Waals surface area (Å²) in [5.74, 6) is -1.60. The Kier molecular flexibility index (Phi) is 4.84. The van der Waals surface area contributed by atoms with Gasteiger partial charge >= 0.3 is 5.97 Å². The number of aromatic nitrogens is 1. The molecule has 2 saturated heterocycles. The summed E-state index contributed by atoms with van der Waals surface area (Å²) in [6.45, 7) is 3.71. The molecule has 1 N–H and O–H groups in total. The van der Waals surface area contributed by atoms with E-state index in [-0.39, 0.29) is 34.9 Å². The molecule has 3 heterocycles. The zero-order valence-electron chi connectivity index (χ0n) is 17.5. The van der Waals surface area contributed by atoms with Crippen molar-refractivity contribution in [2.45, 2.75) is 57.2 Å². The van der Waals surface area contributed by atoms with Gasteiger partial charge in [0.2, 0.25) is 5.43 Å². The molecule has 2 bridgehead atoms. The molecule has 31 heavy (non-hydrogen) atoms. The molecule has 0 spiro atoms. The third kappa shape index (κ3) is 3.52. The van der Waals surface area contributed by atoms with E-state index in [1.807, 2.05) is 9.47 Å². The lowest BCUT2D eigenvalue weighted by Crippen LogP contribution is -2.54. The Morgan fingerprint density at radius 3 is 2.32 bits per heavy atom. The Morgan fingerprint density at radius 1 is 1.10 bits per heavy atom. The van der Waals surface area contributed by atoms with E-state index in [1.165, 1.54) is 12.3 Å². The van der Waals surface area contributed by atoms with Gasteiger partial charge in [0, 0.05) is 55.8 Å². The van der Waals surface area contributed by atoms with E-state index in [4.69, 9.17) is 0 Å². The highest BCUT2D eigenvalue weighted by Crippen LogP contribution is 2.39. The molecule has 8 heteroatoms. The molecular formula is C23H26FN3O4. The number of Topliss-reactive ketones (excluding diaryl/α,β-unsaturated/α-hetero) is 1. The van der Waals surface area contributed by atoms with Crippen molar-refractivity contribution >= 4 is 28.3 Å². The molecule has 0 radical (unpaired) electrons. The fourth-order valence-electron chi connectivity index (χ4n) is 5.25. The average Bonchev–Trinajstić information content (AvgIpc) is 3.52. The van der Waals surface area contributed by atoms with Gasteiger partial charge in [-0.2, -0.15) is 0 Å². The SMILES string of the molecule is CC(=O)CCN1C2CCC1CN(c1cc3c(cc1F)c(=O)c(C(=O)O)cn3C1CC1)C2. The summed E-state index contributed by atoms with van der Waals surface area (Å²) in [5.41, 5.74) is 0.107. The molecule has 0 amide bonds.